The number of benzene rings is 1. The van der Waals surface area contributed by atoms with Crippen molar-refractivity contribution in [3.63, 3.8) is 0 Å². The standard InChI is InChI=1S/C14H20ClFN2O2/c1-3-18(4-2)6-5-17-13(14(19)20)10-7-11(15)9-12(16)8-10/h7-9,13,17H,3-6H2,1-2H3,(H,19,20). The van der Waals surface area contributed by atoms with Crippen LogP contribution in [-0.4, -0.2) is 42.2 Å². The molecule has 0 aliphatic rings. The lowest BCUT2D eigenvalue weighted by Crippen LogP contribution is -2.36. The van der Waals surface area contributed by atoms with Crippen LogP contribution in [0.2, 0.25) is 5.02 Å². The highest BCUT2D eigenvalue weighted by Crippen LogP contribution is 2.20. The van der Waals surface area contributed by atoms with Crippen molar-refractivity contribution >= 4 is 17.6 Å². The Morgan fingerprint density at radius 3 is 2.55 bits per heavy atom. The first kappa shape index (κ1) is 16.9. The number of hydrogen-bond acceptors (Lipinski definition) is 3. The van der Waals surface area contributed by atoms with E-state index in [0.29, 0.717) is 12.1 Å². The minimum atomic E-state index is -1.05. The zero-order valence-corrected chi connectivity index (χ0v) is 12.5. The number of likely N-dealkylation sites (N-methyl/N-ethyl adjacent to an activating group) is 1. The van der Waals surface area contributed by atoms with Crippen molar-refractivity contribution in [1.29, 1.82) is 0 Å². The Hall–Kier alpha value is -1.17. The van der Waals surface area contributed by atoms with Crippen molar-refractivity contribution in [3.05, 3.63) is 34.6 Å². The Bertz CT molecular complexity index is 433. The van der Waals surface area contributed by atoms with Crippen molar-refractivity contribution in [2.24, 2.45) is 0 Å². The van der Waals surface area contributed by atoms with Gasteiger partial charge in [0.05, 0.1) is 0 Å². The van der Waals surface area contributed by atoms with E-state index in [4.69, 9.17) is 11.6 Å². The molecule has 1 rings (SSSR count). The van der Waals surface area contributed by atoms with Crippen molar-refractivity contribution in [1.82, 2.24) is 10.2 Å². The number of halogens is 2. The first-order chi connectivity index (χ1) is 9.47. The Morgan fingerprint density at radius 2 is 2.05 bits per heavy atom. The van der Waals surface area contributed by atoms with E-state index in [1.54, 1.807) is 0 Å². The molecule has 0 bridgehead atoms. The minimum absolute atomic E-state index is 0.191. The maximum Gasteiger partial charge on any atom is 0.325 e. The van der Waals surface area contributed by atoms with Gasteiger partial charge in [0.15, 0.2) is 0 Å². The third-order valence-corrected chi connectivity index (χ3v) is 3.35. The van der Waals surface area contributed by atoms with Crippen LogP contribution < -0.4 is 5.32 Å². The van der Waals surface area contributed by atoms with E-state index in [1.165, 1.54) is 12.1 Å². The monoisotopic (exact) mass is 302 g/mol. The topological polar surface area (TPSA) is 52.6 Å². The molecule has 0 aromatic heterocycles. The summed E-state index contributed by atoms with van der Waals surface area (Å²) in [4.78, 5) is 13.5. The van der Waals surface area contributed by atoms with Gasteiger partial charge < -0.3 is 10.0 Å². The van der Waals surface area contributed by atoms with E-state index < -0.39 is 17.8 Å². The first-order valence-electron chi connectivity index (χ1n) is 6.62. The Kier molecular flexibility index (Phi) is 6.91. The van der Waals surface area contributed by atoms with Gasteiger partial charge in [0, 0.05) is 18.1 Å². The van der Waals surface area contributed by atoms with Crippen molar-refractivity contribution in [3.8, 4) is 0 Å². The molecule has 1 atom stereocenters. The van der Waals surface area contributed by atoms with Crippen LogP contribution >= 0.6 is 11.6 Å². The van der Waals surface area contributed by atoms with Gasteiger partial charge >= 0.3 is 5.97 Å². The highest BCUT2D eigenvalue weighted by Gasteiger charge is 2.20. The fourth-order valence-corrected chi connectivity index (χ4v) is 2.23. The molecule has 0 spiro atoms. The van der Waals surface area contributed by atoms with Crippen molar-refractivity contribution in [2.45, 2.75) is 19.9 Å². The third-order valence-electron chi connectivity index (χ3n) is 3.14. The molecule has 0 aliphatic carbocycles. The quantitative estimate of drug-likeness (QED) is 0.775. The highest BCUT2D eigenvalue weighted by molar-refractivity contribution is 6.30. The number of carboxylic acids is 1. The Labute approximate surface area is 123 Å². The zero-order chi connectivity index (χ0) is 15.1. The maximum absolute atomic E-state index is 13.3. The van der Waals surface area contributed by atoms with Crippen LogP contribution in [0.1, 0.15) is 25.5 Å². The van der Waals surface area contributed by atoms with Gasteiger partial charge in [0.1, 0.15) is 11.9 Å². The summed E-state index contributed by atoms with van der Waals surface area (Å²) in [6.45, 7) is 7.14. The number of rotatable bonds is 8. The molecule has 0 amide bonds. The van der Waals surface area contributed by atoms with Crippen LogP contribution in [0.15, 0.2) is 18.2 Å². The third kappa shape index (κ3) is 5.07. The van der Waals surface area contributed by atoms with E-state index in [0.717, 1.165) is 25.7 Å². The fraction of sp³-hybridized carbons (Fsp3) is 0.500. The van der Waals surface area contributed by atoms with Gasteiger partial charge in [-0.1, -0.05) is 25.4 Å². The summed E-state index contributed by atoms with van der Waals surface area (Å²) in [5.74, 6) is -1.59. The average Bonchev–Trinajstić information content (AvgIpc) is 2.37. The van der Waals surface area contributed by atoms with Crippen LogP contribution in [-0.2, 0) is 4.79 Å². The molecule has 2 N–H and O–H groups in total. The zero-order valence-electron chi connectivity index (χ0n) is 11.7. The summed E-state index contributed by atoms with van der Waals surface area (Å²) in [5.41, 5.74) is 0.321. The molecule has 0 fully saturated rings. The number of hydrogen-bond donors (Lipinski definition) is 2. The molecule has 1 aromatic carbocycles. The predicted octanol–water partition coefficient (Wildman–Crippen LogP) is 2.54. The van der Waals surface area contributed by atoms with Crippen LogP contribution in [0.4, 0.5) is 4.39 Å². The molecule has 0 radical (unpaired) electrons. The molecule has 1 unspecified atom stereocenters. The fourth-order valence-electron chi connectivity index (χ4n) is 2.00. The second kappa shape index (κ2) is 8.19. The number of nitrogens with zero attached hydrogens (tertiary/aromatic N) is 1. The van der Waals surface area contributed by atoms with Crippen LogP contribution in [0.25, 0.3) is 0 Å². The maximum atomic E-state index is 13.3. The molecule has 20 heavy (non-hydrogen) atoms. The lowest BCUT2D eigenvalue weighted by molar-refractivity contribution is -0.139. The smallest absolute Gasteiger partial charge is 0.325 e. The van der Waals surface area contributed by atoms with Crippen LogP contribution in [0, 0.1) is 5.82 Å². The van der Waals surface area contributed by atoms with Crippen LogP contribution in [0.5, 0.6) is 0 Å². The van der Waals surface area contributed by atoms with Crippen molar-refractivity contribution < 1.29 is 14.3 Å². The van der Waals surface area contributed by atoms with Crippen molar-refractivity contribution in [2.75, 3.05) is 26.2 Å². The largest absolute Gasteiger partial charge is 0.480 e. The van der Waals surface area contributed by atoms with E-state index in [-0.39, 0.29) is 5.02 Å². The minimum Gasteiger partial charge on any atom is -0.480 e. The van der Waals surface area contributed by atoms with Gasteiger partial charge in [-0.15, -0.1) is 0 Å². The molecule has 0 saturated heterocycles. The van der Waals surface area contributed by atoms with Gasteiger partial charge in [-0.2, -0.15) is 0 Å². The second-order valence-corrected chi connectivity index (χ2v) is 4.89. The molecule has 4 nitrogen and oxygen atoms in total. The highest BCUT2D eigenvalue weighted by atomic mass is 35.5. The predicted molar refractivity (Wildman–Crippen MR) is 77.6 cm³/mol. The summed E-state index contributed by atoms with van der Waals surface area (Å²) < 4.78 is 13.3. The van der Waals surface area contributed by atoms with Gasteiger partial charge in [0.25, 0.3) is 0 Å². The number of aliphatic carboxylic acids is 1. The molecule has 0 aliphatic heterocycles. The summed E-state index contributed by atoms with van der Waals surface area (Å²) in [7, 11) is 0. The summed E-state index contributed by atoms with van der Waals surface area (Å²) in [5, 5.41) is 12.4. The van der Waals surface area contributed by atoms with Gasteiger partial charge in [-0.05, 0) is 36.9 Å². The molecule has 112 valence electrons. The summed E-state index contributed by atoms with van der Waals surface area (Å²) >= 11 is 5.76. The lowest BCUT2D eigenvalue weighted by atomic mass is 10.1. The molecule has 0 heterocycles. The normalized spacial score (nSPS) is 12.7. The van der Waals surface area contributed by atoms with E-state index in [9.17, 15) is 14.3 Å². The molecule has 6 heteroatoms. The lowest BCUT2D eigenvalue weighted by Gasteiger charge is -2.20. The van der Waals surface area contributed by atoms with E-state index in [1.807, 2.05) is 13.8 Å². The van der Waals surface area contributed by atoms with E-state index in [2.05, 4.69) is 10.2 Å². The van der Waals surface area contributed by atoms with Gasteiger partial charge in [-0.25, -0.2) is 4.39 Å². The average molecular weight is 303 g/mol. The van der Waals surface area contributed by atoms with Crippen LogP contribution in [0.3, 0.4) is 0 Å². The number of nitrogens with one attached hydrogen (secondary N) is 1. The molecular weight excluding hydrogens is 283 g/mol. The SMILES string of the molecule is CCN(CC)CCNC(C(=O)O)c1cc(F)cc(Cl)c1. The second-order valence-electron chi connectivity index (χ2n) is 4.46. The Morgan fingerprint density at radius 1 is 1.40 bits per heavy atom. The van der Waals surface area contributed by atoms with E-state index >= 15 is 0 Å². The number of carboxylic acid groups (broad SMARTS) is 1. The molecular formula is C14H20ClFN2O2. The Balaban J connectivity index is 2.72. The first-order valence-corrected chi connectivity index (χ1v) is 7.00. The summed E-state index contributed by atoms with van der Waals surface area (Å²) in [6, 6.07) is 2.85. The number of carbonyl (C=O) groups is 1. The summed E-state index contributed by atoms with van der Waals surface area (Å²) in [6.07, 6.45) is 0. The molecule has 0 saturated carbocycles. The van der Waals surface area contributed by atoms with Gasteiger partial charge in [-0.3, -0.25) is 10.1 Å². The van der Waals surface area contributed by atoms with Gasteiger partial charge in [0.2, 0.25) is 0 Å². The molecule has 1 aromatic rings.